The largest absolute Gasteiger partial charge is 0.444 e. The summed E-state index contributed by atoms with van der Waals surface area (Å²) < 4.78 is 5.48. The summed E-state index contributed by atoms with van der Waals surface area (Å²) in [4.78, 5) is 4.45. The lowest BCUT2D eigenvalue weighted by atomic mass is 10.1. The fourth-order valence-electron chi connectivity index (χ4n) is 1.77. The zero-order valence-electron chi connectivity index (χ0n) is 10.7. The SMILES string of the molecule is CCCNCc1coc(-c2cc(C)cc(Cl)c2)n1. The Labute approximate surface area is 112 Å². The van der Waals surface area contributed by atoms with Crippen LogP contribution in [0.5, 0.6) is 0 Å². The third-order valence-electron chi connectivity index (χ3n) is 2.57. The smallest absolute Gasteiger partial charge is 0.226 e. The highest BCUT2D eigenvalue weighted by Crippen LogP contribution is 2.24. The maximum atomic E-state index is 6.03. The van der Waals surface area contributed by atoms with Crippen molar-refractivity contribution in [2.24, 2.45) is 0 Å². The second kappa shape index (κ2) is 6.03. The van der Waals surface area contributed by atoms with E-state index in [4.69, 9.17) is 16.0 Å². The van der Waals surface area contributed by atoms with Gasteiger partial charge in [-0.05, 0) is 43.7 Å². The molecule has 3 nitrogen and oxygen atoms in total. The van der Waals surface area contributed by atoms with Crippen LogP contribution in [0.3, 0.4) is 0 Å². The first-order chi connectivity index (χ1) is 8.69. The van der Waals surface area contributed by atoms with E-state index in [1.54, 1.807) is 6.26 Å². The minimum Gasteiger partial charge on any atom is -0.444 e. The summed E-state index contributed by atoms with van der Waals surface area (Å²) in [6.07, 6.45) is 2.80. The Kier molecular flexibility index (Phi) is 4.39. The number of benzene rings is 1. The first kappa shape index (κ1) is 13.1. The van der Waals surface area contributed by atoms with Crippen LogP contribution in [0.2, 0.25) is 5.02 Å². The molecule has 0 spiro atoms. The van der Waals surface area contributed by atoms with Crippen LogP contribution >= 0.6 is 11.6 Å². The van der Waals surface area contributed by atoms with Gasteiger partial charge >= 0.3 is 0 Å². The fraction of sp³-hybridized carbons (Fsp3) is 0.357. The van der Waals surface area contributed by atoms with Crippen LogP contribution in [0.1, 0.15) is 24.6 Å². The molecule has 1 N–H and O–H groups in total. The zero-order valence-corrected chi connectivity index (χ0v) is 11.4. The first-order valence-corrected chi connectivity index (χ1v) is 6.49. The van der Waals surface area contributed by atoms with Gasteiger partial charge in [0.2, 0.25) is 5.89 Å². The molecule has 0 aliphatic heterocycles. The Morgan fingerprint density at radius 1 is 1.33 bits per heavy atom. The quantitative estimate of drug-likeness (QED) is 0.835. The highest BCUT2D eigenvalue weighted by molar-refractivity contribution is 6.30. The van der Waals surface area contributed by atoms with Gasteiger partial charge in [-0.25, -0.2) is 4.98 Å². The van der Waals surface area contributed by atoms with Crippen molar-refractivity contribution in [1.82, 2.24) is 10.3 Å². The minimum absolute atomic E-state index is 0.619. The topological polar surface area (TPSA) is 38.1 Å². The Hall–Kier alpha value is -1.32. The molecular weight excluding hydrogens is 248 g/mol. The molecule has 0 saturated heterocycles. The summed E-state index contributed by atoms with van der Waals surface area (Å²) in [6.45, 7) is 5.85. The lowest BCUT2D eigenvalue weighted by Gasteiger charge is -1.99. The molecule has 1 heterocycles. The zero-order chi connectivity index (χ0) is 13.0. The Bertz CT molecular complexity index is 502. The normalized spacial score (nSPS) is 10.8. The van der Waals surface area contributed by atoms with Crippen molar-refractivity contribution in [2.75, 3.05) is 6.54 Å². The molecule has 1 aromatic heterocycles. The van der Waals surface area contributed by atoms with E-state index in [2.05, 4.69) is 17.2 Å². The van der Waals surface area contributed by atoms with E-state index >= 15 is 0 Å². The van der Waals surface area contributed by atoms with Gasteiger partial charge < -0.3 is 9.73 Å². The summed E-state index contributed by atoms with van der Waals surface area (Å²) in [6, 6.07) is 5.79. The first-order valence-electron chi connectivity index (χ1n) is 6.11. The van der Waals surface area contributed by atoms with Crippen molar-refractivity contribution in [3.63, 3.8) is 0 Å². The number of aryl methyl sites for hydroxylation is 1. The summed E-state index contributed by atoms with van der Waals surface area (Å²) >= 11 is 6.03. The maximum absolute atomic E-state index is 6.03. The standard InChI is InChI=1S/C14H17ClN2O/c1-3-4-16-8-13-9-18-14(17-13)11-5-10(2)6-12(15)7-11/h5-7,9,16H,3-4,8H2,1-2H3. The van der Waals surface area contributed by atoms with Crippen LogP contribution in [0.4, 0.5) is 0 Å². The van der Waals surface area contributed by atoms with Crippen molar-refractivity contribution >= 4 is 11.6 Å². The lowest BCUT2D eigenvalue weighted by molar-refractivity contribution is 0.570. The number of hydrogen-bond acceptors (Lipinski definition) is 3. The summed E-state index contributed by atoms with van der Waals surface area (Å²) in [5, 5.41) is 3.99. The van der Waals surface area contributed by atoms with Crippen LogP contribution in [0, 0.1) is 6.92 Å². The Morgan fingerprint density at radius 3 is 2.89 bits per heavy atom. The molecule has 96 valence electrons. The van der Waals surface area contributed by atoms with Crippen molar-refractivity contribution in [2.45, 2.75) is 26.8 Å². The molecule has 0 saturated carbocycles. The maximum Gasteiger partial charge on any atom is 0.226 e. The molecule has 0 atom stereocenters. The average Bonchev–Trinajstić information content (AvgIpc) is 2.77. The number of nitrogens with zero attached hydrogens (tertiary/aromatic N) is 1. The third-order valence-corrected chi connectivity index (χ3v) is 2.79. The van der Waals surface area contributed by atoms with Crippen LogP contribution in [0.15, 0.2) is 28.9 Å². The highest BCUT2D eigenvalue weighted by Gasteiger charge is 2.07. The highest BCUT2D eigenvalue weighted by atomic mass is 35.5. The molecule has 2 rings (SSSR count). The molecule has 0 amide bonds. The third kappa shape index (κ3) is 3.34. The molecule has 0 aliphatic rings. The summed E-state index contributed by atoms with van der Waals surface area (Å²) in [7, 11) is 0. The van der Waals surface area contributed by atoms with Gasteiger partial charge in [0.05, 0.1) is 5.69 Å². The van der Waals surface area contributed by atoms with E-state index in [9.17, 15) is 0 Å². The molecule has 2 aromatic rings. The number of halogens is 1. The molecule has 0 unspecified atom stereocenters. The summed E-state index contributed by atoms with van der Waals surface area (Å²) in [5.74, 6) is 0.619. The number of oxazole rings is 1. The molecular formula is C14H17ClN2O. The fourth-order valence-corrected chi connectivity index (χ4v) is 2.06. The summed E-state index contributed by atoms with van der Waals surface area (Å²) in [5.41, 5.74) is 2.93. The van der Waals surface area contributed by atoms with Gasteiger partial charge in [-0.1, -0.05) is 18.5 Å². The second-order valence-corrected chi connectivity index (χ2v) is 4.77. The van der Waals surface area contributed by atoms with Crippen molar-refractivity contribution in [3.05, 3.63) is 40.7 Å². The lowest BCUT2D eigenvalue weighted by Crippen LogP contribution is -2.13. The molecule has 0 fully saturated rings. The van der Waals surface area contributed by atoms with E-state index in [1.807, 2.05) is 25.1 Å². The predicted octanol–water partition coefficient (Wildman–Crippen LogP) is 3.80. The van der Waals surface area contributed by atoms with Gasteiger partial charge in [0.1, 0.15) is 6.26 Å². The van der Waals surface area contributed by atoms with Crippen molar-refractivity contribution < 1.29 is 4.42 Å². The number of hydrogen-bond donors (Lipinski definition) is 1. The minimum atomic E-state index is 0.619. The molecule has 18 heavy (non-hydrogen) atoms. The van der Waals surface area contributed by atoms with Gasteiger partial charge in [-0.3, -0.25) is 0 Å². The van der Waals surface area contributed by atoms with Gasteiger partial charge in [0.15, 0.2) is 0 Å². The van der Waals surface area contributed by atoms with Crippen LogP contribution < -0.4 is 5.32 Å². The number of aromatic nitrogens is 1. The van der Waals surface area contributed by atoms with E-state index in [0.29, 0.717) is 10.9 Å². The van der Waals surface area contributed by atoms with Gasteiger partial charge in [-0.2, -0.15) is 0 Å². The monoisotopic (exact) mass is 264 g/mol. The second-order valence-electron chi connectivity index (χ2n) is 4.34. The van der Waals surface area contributed by atoms with E-state index in [-0.39, 0.29) is 0 Å². The molecule has 1 aromatic carbocycles. The predicted molar refractivity (Wildman–Crippen MR) is 73.7 cm³/mol. The van der Waals surface area contributed by atoms with E-state index in [1.165, 1.54) is 0 Å². The Balaban J connectivity index is 2.13. The average molecular weight is 265 g/mol. The van der Waals surface area contributed by atoms with Gasteiger partial charge in [0.25, 0.3) is 0 Å². The molecule has 0 aliphatic carbocycles. The van der Waals surface area contributed by atoms with Gasteiger partial charge in [-0.15, -0.1) is 0 Å². The van der Waals surface area contributed by atoms with Crippen LogP contribution in [-0.4, -0.2) is 11.5 Å². The molecule has 0 radical (unpaired) electrons. The molecule has 4 heteroatoms. The Morgan fingerprint density at radius 2 is 2.17 bits per heavy atom. The number of rotatable bonds is 5. The van der Waals surface area contributed by atoms with E-state index in [0.717, 1.165) is 36.3 Å². The van der Waals surface area contributed by atoms with Crippen molar-refractivity contribution in [3.8, 4) is 11.5 Å². The van der Waals surface area contributed by atoms with Crippen LogP contribution in [0.25, 0.3) is 11.5 Å². The van der Waals surface area contributed by atoms with Crippen molar-refractivity contribution in [1.29, 1.82) is 0 Å². The van der Waals surface area contributed by atoms with Crippen LogP contribution in [-0.2, 0) is 6.54 Å². The molecule has 0 bridgehead atoms. The van der Waals surface area contributed by atoms with E-state index < -0.39 is 0 Å². The number of nitrogens with one attached hydrogen (secondary N) is 1. The van der Waals surface area contributed by atoms with Gasteiger partial charge in [0, 0.05) is 17.1 Å².